The van der Waals surface area contributed by atoms with E-state index in [4.69, 9.17) is 16.3 Å². The molecule has 0 N–H and O–H groups in total. The lowest BCUT2D eigenvalue weighted by Gasteiger charge is -2.20. The normalized spacial score (nSPS) is 11.4. The van der Waals surface area contributed by atoms with Crippen molar-refractivity contribution in [2.24, 2.45) is 0 Å². The van der Waals surface area contributed by atoms with Gasteiger partial charge in [0.1, 0.15) is 16.6 Å². The molecule has 0 fully saturated rings. The summed E-state index contributed by atoms with van der Waals surface area (Å²) in [6, 6.07) is 7.42. The molecule has 0 radical (unpaired) electrons. The van der Waals surface area contributed by atoms with E-state index in [1.807, 2.05) is 45.0 Å². The summed E-state index contributed by atoms with van der Waals surface area (Å²) in [6.45, 7) is 5.94. The van der Waals surface area contributed by atoms with Crippen molar-refractivity contribution in [2.45, 2.75) is 26.3 Å². The first-order valence-corrected chi connectivity index (χ1v) is 6.65. The number of benzene rings is 1. The van der Waals surface area contributed by atoms with Crippen LogP contribution in [0.15, 0.2) is 24.3 Å². The van der Waals surface area contributed by atoms with Crippen molar-refractivity contribution in [1.82, 2.24) is 9.78 Å². The summed E-state index contributed by atoms with van der Waals surface area (Å²) in [5.74, 6) is 0.658. The van der Waals surface area contributed by atoms with Crippen LogP contribution in [0.25, 0.3) is 11.3 Å². The van der Waals surface area contributed by atoms with Gasteiger partial charge in [-0.05, 0) is 32.9 Å². The molecule has 0 aliphatic carbocycles. The Morgan fingerprint density at radius 3 is 2.50 bits per heavy atom. The number of nitrogens with zero attached hydrogens (tertiary/aromatic N) is 2. The number of hydrogen-bond donors (Lipinski definition) is 0. The smallest absolute Gasteiger partial charge is 0.155 e. The van der Waals surface area contributed by atoms with Gasteiger partial charge in [0.15, 0.2) is 6.29 Å². The maximum absolute atomic E-state index is 11.4. The third-order valence-electron chi connectivity index (χ3n) is 2.98. The van der Waals surface area contributed by atoms with Gasteiger partial charge in [-0.25, -0.2) is 4.68 Å². The molecule has 5 heteroatoms. The first kappa shape index (κ1) is 14.6. The molecular weight excluding hydrogens is 276 g/mol. The maximum atomic E-state index is 11.4. The minimum absolute atomic E-state index is 0.310. The first-order chi connectivity index (χ1) is 9.40. The van der Waals surface area contributed by atoms with Crippen LogP contribution in [-0.2, 0) is 5.54 Å². The quantitative estimate of drug-likeness (QED) is 0.809. The zero-order valence-electron chi connectivity index (χ0n) is 12.0. The van der Waals surface area contributed by atoms with Crippen LogP contribution >= 0.6 is 11.6 Å². The highest BCUT2D eigenvalue weighted by Crippen LogP contribution is 2.35. The molecule has 2 rings (SSSR count). The number of para-hydroxylation sites is 1. The second-order valence-electron chi connectivity index (χ2n) is 5.45. The van der Waals surface area contributed by atoms with E-state index in [0.29, 0.717) is 22.2 Å². The van der Waals surface area contributed by atoms with Crippen LogP contribution in [0.2, 0.25) is 5.15 Å². The summed E-state index contributed by atoms with van der Waals surface area (Å²) in [5.41, 5.74) is 1.36. The molecule has 1 aromatic heterocycles. The summed E-state index contributed by atoms with van der Waals surface area (Å²) in [6.07, 6.45) is 0.735. The van der Waals surface area contributed by atoms with E-state index in [0.717, 1.165) is 11.8 Å². The number of rotatable bonds is 3. The monoisotopic (exact) mass is 292 g/mol. The van der Waals surface area contributed by atoms with Gasteiger partial charge in [0.05, 0.1) is 18.2 Å². The number of carbonyl (C=O) groups is 1. The maximum Gasteiger partial charge on any atom is 0.155 e. The highest BCUT2D eigenvalue weighted by molar-refractivity contribution is 6.32. The molecule has 4 nitrogen and oxygen atoms in total. The predicted molar refractivity (Wildman–Crippen MR) is 79.6 cm³/mol. The van der Waals surface area contributed by atoms with Gasteiger partial charge in [0.2, 0.25) is 0 Å². The molecule has 2 aromatic rings. The van der Waals surface area contributed by atoms with Gasteiger partial charge in [-0.3, -0.25) is 4.79 Å². The minimum atomic E-state index is -0.310. The van der Waals surface area contributed by atoms with Crippen molar-refractivity contribution < 1.29 is 9.53 Å². The third kappa shape index (κ3) is 2.43. The number of hydrogen-bond acceptors (Lipinski definition) is 3. The van der Waals surface area contributed by atoms with Gasteiger partial charge in [0, 0.05) is 5.56 Å². The Morgan fingerprint density at radius 1 is 1.30 bits per heavy atom. The molecule has 0 atom stereocenters. The lowest BCUT2D eigenvalue weighted by Crippen LogP contribution is -2.23. The molecule has 0 aliphatic heterocycles. The summed E-state index contributed by atoms with van der Waals surface area (Å²) in [5, 5.41) is 4.85. The number of ether oxygens (including phenoxy) is 1. The predicted octanol–water partition coefficient (Wildman–Crippen LogP) is 3.78. The Bertz CT molecular complexity index is 642. The lowest BCUT2D eigenvalue weighted by molar-refractivity contribution is 0.112. The largest absolute Gasteiger partial charge is 0.496 e. The lowest BCUT2D eigenvalue weighted by atomic mass is 10.1. The van der Waals surface area contributed by atoms with Crippen LogP contribution in [0, 0.1) is 0 Å². The Balaban J connectivity index is 2.72. The number of methoxy groups -OCH3 is 1. The minimum Gasteiger partial charge on any atom is -0.496 e. The van der Waals surface area contributed by atoms with Gasteiger partial charge >= 0.3 is 0 Å². The topological polar surface area (TPSA) is 44.1 Å². The second-order valence-corrected chi connectivity index (χ2v) is 5.81. The van der Waals surface area contributed by atoms with Crippen molar-refractivity contribution in [2.75, 3.05) is 7.11 Å². The molecule has 0 amide bonds. The third-order valence-corrected chi connectivity index (χ3v) is 3.34. The van der Waals surface area contributed by atoms with Crippen molar-refractivity contribution in [3.8, 4) is 17.0 Å². The molecule has 0 aliphatic rings. The van der Waals surface area contributed by atoms with Crippen LogP contribution < -0.4 is 4.74 Å². The van der Waals surface area contributed by atoms with Gasteiger partial charge in [0.25, 0.3) is 0 Å². The molecule has 0 spiro atoms. The Kier molecular flexibility index (Phi) is 3.86. The van der Waals surface area contributed by atoms with Gasteiger partial charge in [-0.2, -0.15) is 5.10 Å². The van der Waals surface area contributed by atoms with E-state index in [2.05, 4.69) is 5.10 Å². The van der Waals surface area contributed by atoms with E-state index in [9.17, 15) is 4.79 Å². The molecule has 0 saturated carbocycles. The molecule has 0 unspecified atom stereocenters. The zero-order valence-corrected chi connectivity index (χ0v) is 12.7. The standard InChI is InChI=1S/C15H17ClN2O2/c1-15(2,3)18-14(16)11(9-19)13(17-18)10-7-5-6-8-12(10)20-4/h5-9H,1-4H3. The van der Waals surface area contributed by atoms with Crippen molar-refractivity contribution >= 4 is 17.9 Å². The summed E-state index contributed by atoms with van der Waals surface area (Å²) < 4.78 is 6.98. The number of carbonyl (C=O) groups excluding carboxylic acids is 1. The van der Waals surface area contributed by atoms with Crippen molar-refractivity contribution in [1.29, 1.82) is 0 Å². The summed E-state index contributed by atoms with van der Waals surface area (Å²) in [4.78, 5) is 11.4. The van der Waals surface area contributed by atoms with Gasteiger partial charge in [-0.1, -0.05) is 23.7 Å². The average Bonchev–Trinajstić information content (AvgIpc) is 2.75. The van der Waals surface area contributed by atoms with Crippen LogP contribution in [0.5, 0.6) is 5.75 Å². The number of aromatic nitrogens is 2. The van der Waals surface area contributed by atoms with Crippen LogP contribution in [0.1, 0.15) is 31.1 Å². The molecule has 106 valence electrons. The first-order valence-electron chi connectivity index (χ1n) is 6.27. The number of aldehydes is 1. The summed E-state index contributed by atoms with van der Waals surface area (Å²) >= 11 is 6.29. The fourth-order valence-electron chi connectivity index (χ4n) is 2.00. The van der Waals surface area contributed by atoms with E-state index in [1.165, 1.54) is 0 Å². The van der Waals surface area contributed by atoms with E-state index < -0.39 is 0 Å². The Morgan fingerprint density at radius 2 is 1.95 bits per heavy atom. The van der Waals surface area contributed by atoms with Crippen molar-refractivity contribution in [3.05, 3.63) is 35.0 Å². The van der Waals surface area contributed by atoms with Gasteiger partial charge in [-0.15, -0.1) is 0 Å². The fraction of sp³-hybridized carbons (Fsp3) is 0.333. The van der Waals surface area contributed by atoms with E-state index in [1.54, 1.807) is 11.8 Å². The molecular formula is C15H17ClN2O2. The average molecular weight is 293 g/mol. The molecule has 0 bridgehead atoms. The molecule has 0 saturated heterocycles. The van der Waals surface area contributed by atoms with Crippen LogP contribution in [0.4, 0.5) is 0 Å². The van der Waals surface area contributed by atoms with E-state index >= 15 is 0 Å². The highest BCUT2D eigenvalue weighted by atomic mass is 35.5. The van der Waals surface area contributed by atoms with Crippen molar-refractivity contribution in [3.63, 3.8) is 0 Å². The molecule has 1 heterocycles. The van der Waals surface area contributed by atoms with E-state index in [-0.39, 0.29) is 5.54 Å². The Labute approximate surface area is 123 Å². The molecule has 20 heavy (non-hydrogen) atoms. The number of halogens is 1. The van der Waals surface area contributed by atoms with Gasteiger partial charge < -0.3 is 4.74 Å². The van der Waals surface area contributed by atoms with Crippen LogP contribution in [0.3, 0.4) is 0 Å². The zero-order chi connectivity index (χ0) is 14.9. The van der Waals surface area contributed by atoms with Crippen LogP contribution in [-0.4, -0.2) is 23.2 Å². The fourth-order valence-corrected chi connectivity index (χ4v) is 2.42. The molecule has 1 aromatic carbocycles. The summed E-state index contributed by atoms with van der Waals surface area (Å²) in [7, 11) is 1.59. The second kappa shape index (κ2) is 5.29. The Hall–Kier alpha value is -1.81. The highest BCUT2D eigenvalue weighted by Gasteiger charge is 2.25. The SMILES string of the molecule is COc1ccccc1-c1nn(C(C)(C)C)c(Cl)c1C=O.